The van der Waals surface area contributed by atoms with Crippen LogP contribution in [0.25, 0.3) is 0 Å². The van der Waals surface area contributed by atoms with Gasteiger partial charge in [-0.2, -0.15) is 0 Å². The Bertz CT molecular complexity index is 316. The summed E-state index contributed by atoms with van der Waals surface area (Å²) < 4.78 is 0. The lowest BCUT2D eigenvalue weighted by molar-refractivity contribution is 0.650. The van der Waals surface area contributed by atoms with Crippen LogP contribution in [0, 0.1) is 13.8 Å². The van der Waals surface area contributed by atoms with Crippen LogP contribution >= 0.6 is 11.3 Å². The first-order chi connectivity index (χ1) is 9.20. The molecule has 0 radical (unpaired) electrons. The second-order valence-corrected chi connectivity index (χ2v) is 7.22. The fourth-order valence-corrected chi connectivity index (χ4v) is 4.04. The molecule has 1 aromatic heterocycles. The maximum absolute atomic E-state index is 2.32. The van der Waals surface area contributed by atoms with Crippen LogP contribution in [-0.2, 0) is 12.8 Å². The number of aryl methyl sites for hydroxylation is 2. The minimum atomic E-state index is 1.32. The Morgan fingerprint density at radius 2 is 1.05 bits per heavy atom. The molecular weight excluding hydrogens is 248 g/mol. The maximum Gasteiger partial charge on any atom is 0.00518 e. The van der Waals surface area contributed by atoms with Crippen LogP contribution in [0.1, 0.15) is 86.1 Å². The molecule has 0 saturated carbocycles. The second kappa shape index (κ2) is 9.58. The summed E-state index contributed by atoms with van der Waals surface area (Å²) in [5.74, 6) is 0. The zero-order chi connectivity index (χ0) is 14.1. The molecule has 0 atom stereocenters. The normalized spacial score (nSPS) is 11.2. The van der Waals surface area contributed by atoms with E-state index in [0.29, 0.717) is 0 Å². The predicted octanol–water partition coefficient (Wildman–Crippen LogP) is 6.61. The van der Waals surface area contributed by atoms with Crippen molar-refractivity contribution in [2.75, 3.05) is 0 Å². The minimum absolute atomic E-state index is 1.32. The van der Waals surface area contributed by atoms with Crippen molar-refractivity contribution >= 4 is 11.3 Å². The van der Waals surface area contributed by atoms with Gasteiger partial charge in [0.15, 0.2) is 0 Å². The van der Waals surface area contributed by atoms with E-state index in [4.69, 9.17) is 0 Å². The average molecular weight is 281 g/mol. The van der Waals surface area contributed by atoms with Crippen LogP contribution in [0.4, 0.5) is 0 Å². The predicted molar refractivity (Wildman–Crippen MR) is 89.5 cm³/mol. The molecule has 0 nitrogen and oxygen atoms in total. The van der Waals surface area contributed by atoms with Crippen LogP contribution in [0.2, 0.25) is 0 Å². The van der Waals surface area contributed by atoms with E-state index < -0.39 is 0 Å². The molecule has 110 valence electrons. The second-order valence-electron chi connectivity index (χ2n) is 5.79. The Morgan fingerprint density at radius 3 is 1.42 bits per heavy atom. The van der Waals surface area contributed by atoms with Gasteiger partial charge >= 0.3 is 0 Å². The lowest BCUT2D eigenvalue weighted by atomic mass is 9.97. The first kappa shape index (κ1) is 16.8. The molecule has 19 heavy (non-hydrogen) atoms. The average Bonchev–Trinajstić information content (AvgIpc) is 2.65. The molecule has 0 fully saturated rings. The molecule has 0 aliphatic carbocycles. The third kappa shape index (κ3) is 5.69. The molecule has 0 unspecified atom stereocenters. The van der Waals surface area contributed by atoms with E-state index in [1.54, 1.807) is 20.9 Å². The van der Waals surface area contributed by atoms with E-state index >= 15 is 0 Å². The number of thiophene rings is 1. The molecule has 1 heterocycles. The van der Waals surface area contributed by atoms with Crippen molar-refractivity contribution in [1.82, 2.24) is 0 Å². The van der Waals surface area contributed by atoms with Crippen molar-refractivity contribution in [1.29, 1.82) is 0 Å². The van der Waals surface area contributed by atoms with Crippen LogP contribution in [-0.4, -0.2) is 0 Å². The molecule has 0 aliphatic rings. The van der Waals surface area contributed by atoms with Crippen molar-refractivity contribution in [3.05, 3.63) is 20.9 Å². The number of rotatable bonds is 10. The van der Waals surface area contributed by atoms with E-state index in [2.05, 4.69) is 27.7 Å². The third-order valence-corrected chi connectivity index (χ3v) is 5.19. The van der Waals surface area contributed by atoms with Crippen LogP contribution in [0.15, 0.2) is 0 Å². The van der Waals surface area contributed by atoms with Gasteiger partial charge in [0.1, 0.15) is 0 Å². The summed E-state index contributed by atoms with van der Waals surface area (Å²) in [6, 6.07) is 0. The molecule has 0 amide bonds. The Hall–Kier alpha value is -0.300. The molecule has 0 aliphatic heterocycles. The van der Waals surface area contributed by atoms with Gasteiger partial charge in [0.05, 0.1) is 0 Å². The van der Waals surface area contributed by atoms with E-state index in [0.717, 1.165) is 0 Å². The van der Waals surface area contributed by atoms with Gasteiger partial charge in [0.25, 0.3) is 0 Å². The standard InChI is InChI=1S/C18H32S/c1-5-7-9-11-13-17-15(3)19-16(4)18(17)14-12-10-8-6-2/h5-14H2,1-4H3. The zero-order valence-electron chi connectivity index (χ0n) is 13.5. The maximum atomic E-state index is 2.32. The zero-order valence-corrected chi connectivity index (χ0v) is 14.3. The summed E-state index contributed by atoms with van der Waals surface area (Å²) in [6.45, 7) is 9.23. The third-order valence-electron chi connectivity index (χ3n) is 4.08. The molecule has 0 aromatic carbocycles. The summed E-state index contributed by atoms with van der Waals surface area (Å²) in [4.78, 5) is 3.17. The summed E-state index contributed by atoms with van der Waals surface area (Å²) in [7, 11) is 0. The quantitative estimate of drug-likeness (QED) is 0.423. The van der Waals surface area contributed by atoms with Gasteiger partial charge in [-0.25, -0.2) is 0 Å². The van der Waals surface area contributed by atoms with Crippen molar-refractivity contribution in [2.24, 2.45) is 0 Å². The fraction of sp³-hybridized carbons (Fsp3) is 0.778. The van der Waals surface area contributed by atoms with Gasteiger partial charge < -0.3 is 0 Å². The molecule has 0 spiro atoms. The van der Waals surface area contributed by atoms with Crippen molar-refractivity contribution in [3.8, 4) is 0 Å². The van der Waals surface area contributed by atoms with E-state index in [1.165, 1.54) is 64.2 Å². The molecule has 0 bridgehead atoms. The van der Waals surface area contributed by atoms with Crippen molar-refractivity contribution in [2.45, 2.75) is 91.9 Å². The molecular formula is C18H32S. The summed E-state index contributed by atoms with van der Waals surface area (Å²) >= 11 is 2.02. The molecule has 1 heteroatoms. The highest BCUT2D eigenvalue weighted by Gasteiger charge is 2.12. The van der Waals surface area contributed by atoms with Crippen LogP contribution in [0.3, 0.4) is 0 Å². The SMILES string of the molecule is CCCCCCc1c(C)sc(C)c1CCCCCC. The monoisotopic (exact) mass is 280 g/mol. The number of hydrogen-bond donors (Lipinski definition) is 0. The Labute approximate surface area is 124 Å². The van der Waals surface area contributed by atoms with E-state index in [1.807, 2.05) is 11.3 Å². The highest BCUT2D eigenvalue weighted by molar-refractivity contribution is 7.12. The van der Waals surface area contributed by atoms with Crippen molar-refractivity contribution < 1.29 is 0 Å². The van der Waals surface area contributed by atoms with E-state index in [9.17, 15) is 0 Å². The molecule has 0 saturated heterocycles. The number of unbranched alkanes of at least 4 members (excludes halogenated alkanes) is 6. The lowest BCUT2D eigenvalue weighted by Crippen LogP contribution is -1.95. The Kier molecular flexibility index (Phi) is 8.45. The highest BCUT2D eigenvalue weighted by Crippen LogP contribution is 2.30. The van der Waals surface area contributed by atoms with Crippen LogP contribution in [0.5, 0.6) is 0 Å². The van der Waals surface area contributed by atoms with Gasteiger partial charge in [-0.05, 0) is 50.7 Å². The molecule has 0 N–H and O–H groups in total. The molecule has 1 aromatic rings. The van der Waals surface area contributed by atoms with Gasteiger partial charge in [0, 0.05) is 9.75 Å². The smallest absolute Gasteiger partial charge is 0.00518 e. The van der Waals surface area contributed by atoms with Gasteiger partial charge in [-0.3, -0.25) is 0 Å². The fourth-order valence-electron chi connectivity index (χ4n) is 2.89. The van der Waals surface area contributed by atoms with Gasteiger partial charge in [-0.1, -0.05) is 52.4 Å². The highest BCUT2D eigenvalue weighted by atomic mass is 32.1. The first-order valence-electron chi connectivity index (χ1n) is 8.28. The largest absolute Gasteiger partial charge is 0.145 e. The van der Waals surface area contributed by atoms with Gasteiger partial charge in [0.2, 0.25) is 0 Å². The van der Waals surface area contributed by atoms with Gasteiger partial charge in [-0.15, -0.1) is 11.3 Å². The van der Waals surface area contributed by atoms with Crippen LogP contribution < -0.4 is 0 Å². The lowest BCUT2D eigenvalue weighted by Gasteiger charge is -2.07. The Morgan fingerprint density at radius 1 is 0.632 bits per heavy atom. The topological polar surface area (TPSA) is 0 Å². The number of hydrogen-bond acceptors (Lipinski definition) is 1. The summed E-state index contributed by atoms with van der Waals surface area (Å²) in [5.41, 5.74) is 3.41. The first-order valence-corrected chi connectivity index (χ1v) is 9.10. The Balaban J connectivity index is 2.52. The molecule has 1 rings (SSSR count). The van der Waals surface area contributed by atoms with Crippen molar-refractivity contribution in [3.63, 3.8) is 0 Å². The summed E-state index contributed by atoms with van der Waals surface area (Å²) in [5, 5.41) is 0. The minimum Gasteiger partial charge on any atom is -0.145 e. The van der Waals surface area contributed by atoms with E-state index in [-0.39, 0.29) is 0 Å². The summed E-state index contributed by atoms with van der Waals surface area (Å²) in [6.07, 6.45) is 13.7.